The largest absolute Gasteiger partial charge is 0.375 e. The Labute approximate surface area is 92.4 Å². The predicted molar refractivity (Wildman–Crippen MR) is 55.8 cm³/mol. The van der Waals surface area contributed by atoms with Crippen molar-refractivity contribution in [3.8, 4) is 0 Å². The molecule has 1 aliphatic heterocycles. The van der Waals surface area contributed by atoms with E-state index in [9.17, 15) is 4.79 Å². The predicted octanol–water partition coefficient (Wildman–Crippen LogP) is 0.787. The summed E-state index contributed by atoms with van der Waals surface area (Å²) in [7, 11) is 0. The first-order chi connectivity index (χ1) is 7.18. The van der Waals surface area contributed by atoms with Crippen LogP contribution in [0, 0.1) is 0 Å². The molecular formula is C9H13N3O2S. The number of hydrogen-bond donors (Lipinski definition) is 0. The number of carbonyl (C=O) groups excluding carboxylic acids is 1. The van der Waals surface area contributed by atoms with E-state index < -0.39 is 0 Å². The van der Waals surface area contributed by atoms with E-state index >= 15 is 0 Å². The van der Waals surface area contributed by atoms with Crippen molar-refractivity contribution in [3.63, 3.8) is 0 Å². The van der Waals surface area contributed by atoms with Crippen LogP contribution in [0.5, 0.6) is 0 Å². The first-order valence-electron chi connectivity index (χ1n) is 4.88. The Kier molecular flexibility index (Phi) is 2.97. The molecule has 82 valence electrons. The Hall–Kier alpha value is -1.01. The van der Waals surface area contributed by atoms with Gasteiger partial charge in [0.15, 0.2) is 5.69 Å². The summed E-state index contributed by atoms with van der Waals surface area (Å²) < 4.78 is 13.2. The summed E-state index contributed by atoms with van der Waals surface area (Å²) in [6.45, 7) is 5.15. The van der Waals surface area contributed by atoms with Crippen LogP contribution in [0.25, 0.3) is 0 Å². The molecule has 0 aromatic carbocycles. The van der Waals surface area contributed by atoms with Crippen molar-refractivity contribution in [1.82, 2.24) is 13.6 Å². The van der Waals surface area contributed by atoms with Crippen molar-refractivity contribution < 1.29 is 9.53 Å². The fourth-order valence-electron chi connectivity index (χ4n) is 1.59. The number of nitrogens with zero attached hydrogens (tertiary/aromatic N) is 3. The van der Waals surface area contributed by atoms with Gasteiger partial charge in [0, 0.05) is 6.54 Å². The maximum atomic E-state index is 12.0. The van der Waals surface area contributed by atoms with Crippen LogP contribution in [0.3, 0.4) is 0 Å². The Morgan fingerprint density at radius 1 is 1.67 bits per heavy atom. The van der Waals surface area contributed by atoms with Gasteiger partial charge in [-0.15, -0.1) is 0 Å². The highest BCUT2D eigenvalue weighted by molar-refractivity contribution is 6.99. The zero-order chi connectivity index (χ0) is 10.8. The molecule has 1 amide bonds. The van der Waals surface area contributed by atoms with E-state index in [-0.39, 0.29) is 18.1 Å². The van der Waals surface area contributed by atoms with E-state index in [1.807, 2.05) is 13.8 Å². The van der Waals surface area contributed by atoms with Crippen molar-refractivity contribution in [2.75, 3.05) is 13.2 Å². The first-order valence-corrected chi connectivity index (χ1v) is 5.61. The summed E-state index contributed by atoms with van der Waals surface area (Å²) in [5.74, 6) is -0.0496. The number of aromatic nitrogens is 2. The summed E-state index contributed by atoms with van der Waals surface area (Å²) in [5.41, 5.74) is 0.431. The molecule has 2 atom stereocenters. The van der Waals surface area contributed by atoms with Crippen molar-refractivity contribution in [1.29, 1.82) is 0 Å². The highest BCUT2D eigenvalue weighted by atomic mass is 32.1. The molecule has 2 heterocycles. The number of ether oxygens (including phenoxy) is 1. The maximum absolute atomic E-state index is 12.0. The molecule has 2 rings (SSSR count). The minimum absolute atomic E-state index is 0.0496. The lowest BCUT2D eigenvalue weighted by molar-refractivity contribution is -0.0388. The molecule has 1 aliphatic rings. The van der Waals surface area contributed by atoms with E-state index in [1.165, 1.54) is 6.20 Å². The van der Waals surface area contributed by atoms with Crippen LogP contribution in [0.2, 0.25) is 0 Å². The van der Waals surface area contributed by atoms with Gasteiger partial charge < -0.3 is 9.64 Å². The molecule has 15 heavy (non-hydrogen) atoms. The lowest BCUT2D eigenvalue weighted by atomic mass is 10.2. The topological polar surface area (TPSA) is 55.3 Å². The average Bonchev–Trinajstić information content (AvgIpc) is 2.74. The lowest BCUT2D eigenvalue weighted by Gasteiger charge is -2.36. The fourth-order valence-corrected chi connectivity index (χ4v) is 2.00. The molecular weight excluding hydrogens is 214 g/mol. The van der Waals surface area contributed by atoms with Gasteiger partial charge in [0.25, 0.3) is 5.91 Å². The van der Waals surface area contributed by atoms with Gasteiger partial charge in [-0.05, 0) is 13.8 Å². The molecule has 0 N–H and O–H groups in total. The minimum atomic E-state index is -0.0496. The maximum Gasteiger partial charge on any atom is 0.275 e. The third kappa shape index (κ3) is 2.15. The third-order valence-electron chi connectivity index (χ3n) is 2.45. The minimum Gasteiger partial charge on any atom is -0.375 e. The Morgan fingerprint density at radius 3 is 3.13 bits per heavy atom. The molecule has 0 spiro atoms. The molecule has 0 bridgehead atoms. The molecule has 0 unspecified atom stereocenters. The third-order valence-corrected chi connectivity index (χ3v) is 2.93. The summed E-state index contributed by atoms with van der Waals surface area (Å²) in [6, 6.07) is 0.107. The van der Waals surface area contributed by atoms with E-state index in [0.29, 0.717) is 18.8 Å². The Bertz CT molecular complexity index is 341. The van der Waals surface area contributed by atoms with E-state index in [2.05, 4.69) is 8.75 Å². The van der Waals surface area contributed by atoms with Crippen LogP contribution in [0.1, 0.15) is 24.3 Å². The van der Waals surface area contributed by atoms with Crippen LogP contribution < -0.4 is 0 Å². The number of amides is 1. The van der Waals surface area contributed by atoms with Gasteiger partial charge in [0.05, 0.1) is 36.7 Å². The summed E-state index contributed by atoms with van der Waals surface area (Å²) >= 11 is 1.06. The molecule has 1 aromatic rings. The number of carbonyl (C=O) groups is 1. The standard InChI is InChI=1S/C9H13N3O2S/c1-6-5-14-7(2)4-12(6)9(13)8-3-10-15-11-8/h3,6-7H,4-5H2,1-2H3/t6-,7-/m0/s1. The van der Waals surface area contributed by atoms with Crippen LogP contribution >= 0.6 is 11.7 Å². The van der Waals surface area contributed by atoms with E-state index in [1.54, 1.807) is 4.90 Å². The zero-order valence-electron chi connectivity index (χ0n) is 8.71. The first kappa shape index (κ1) is 10.5. The molecule has 5 nitrogen and oxygen atoms in total. The average molecular weight is 227 g/mol. The molecule has 6 heteroatoms. The number of rotatable bonds is 1. The second kappa shape index (κ2) is 4.24. The van der Waals surface area contributed by atoms with Gasteiger partial charge in [-0.2, -0.15) is 8.75 Å². The lowest BCUT2D eigenvalue weighted by Crippen LogP contribution is -2.50. The summed E-state index contributed by atoms with van der Waals surface area (Å²) in [4.78, 5) is 13.8. The van der Waals surface area contributed by atoms with Gasteiger partial charge >= 0.3 is 0 Å². The van der Waals surface area contributed by atoms with E-state index in [4.69, 9.17) is 4.74 Å². The molecule has 0 radical (unpaired) electrons. The van der Waals surface area contributed by atoms with Crippen LogP contribution in [-0.4, -0.2) is 44.9 Å². The normalized spacial score (nSPS) is 26.7. The van der Waals surface area contributed by atoms with Crippen molar-refractivity contribution in [3.05, 3.63) is 11.9 Å². The summed E-state index contributed by atoms with van der Waals surface area (Å²) in [6.07, 6.45) is 1.61. The van der Waals surface area contributed by atoms with Crippen molar-refractivity contribution >= 4 is 17.6 Å². The van der Waals surface area contributed by atoms with Crippen LogP contribution in [0.15, 0.2) is 6.20 Å². The molecule has 1 fully saturated rings. The Balaban J connectivity index is 2.12. The Morgan fingerprint density at radius 2 is 2.47 bits per heavy atom. The van der Waals surface area contributed by atoms with Gasteiger partial charge in [-0.1, -0.05) is 0 Å². The van der Waals surface area contributed by atoms with Gasteiger partial charge in [0.1, 0.15) is 0 Å². The molecule has 0 aliphatic carbocycles. The van der Waals surface area contributed by atoms with Gasteiger partial charge in [-0.25, -0.2) is 0 Å². The van der Waals surface area contributed by atoms with Crippen LogP contribution in [0.4, 0.5) is 0 Å². The van der Waals surface area contributed by atoms with Crippen molar-refractivity contribution in [2.45, 2.75) is 26.0 Å². The van der Waals surface area contributed by atoms with E-state index in [0.717, 1.165) is 11.7 Å². The summed E-state index contributed by atoms with van der Waals surface area (Å²) in [5, 5.41) is 0. The monoisotopic (exact) mass is 227 g/mol. The smallest absolute Gasteiger partial charge is 0.275 e. The zero-order valence-corrected chi connectivity index (χ0v) is 9.53. The molecule has 1 saturated heterocycles. The van der Waals surface area contributed by atoms with Crippen LogP contribution in [-0.2, 0) is 4.74 Å². The van der Waals surface area contributed by atoms with Crippen molar-refractivity contribution in [2.24, 2.45) is 0 Å². The molecule has 1 aromatic heterocycles. The number of morpholine rings is 1. The highest BCUT2D eigenvalue weighted by Crippen LogP contribution is 2.14. The second-order valence-electron chi connectivity index (χ2n) is 3.74. The highest BCUT2D eigenvalue weighted by Gasteiger charge is 2.29. The SMILES string of the molecule is C[C@H]1CN(C(=O)c2cnsn2)[C@@H](C)CO1. The van der Waals surface area contributed by atoms with Gasteiger partial charge in [0.2, 0.25) is 0 Å². The quantitative estimate of drug-likeness (QED) is 0.711. The van der Waals surface area contributed by atoms with Gasteiger partial charge in [-0.3, -0.25) is 4.79 Å². The second-order valence-corrected chi connectivity index (χ2v) is 4.30. The fraction of sp³-hybridized carbons (Fsp3) is 0.667. The molecule has 0 saturated carbocycles. The number of hydrogen-bond acceptors (Lipinski definition) is 5.